The first-order valence-corrected chi connectivity index (χ1v) is 7.38. The highest BCUT2D eigenvalue weighted by molar-refractivity contribution is 5.98. The molecule has 0 fully saturated rings. The standard InChI is InChI=1S/C18H20N2O3/c1-11-8-12(2)16(13(3)9-11)20-17(21)14(4)23-18(22)15-6-5-7-19-10-15/h5-10,14H,1-4H3,(H,20,21)/t14-/m1/s1. The van der Waals surface area contributed by atoms with E-state index in [0.717, 1.165) is 22.4 Å². The lowest BCUT2D eigenvalue weighted by molar-refractivity contribution is -0.123. The number of carbonyl (C=O) groups excluding carboxylic acids is 2. The lowest BCUT2D eigenvalue weighted by Crippen LogP contribution is -2.30. The maximum atomic E-state index is 12.3. The summed E-state index contributed by atoms with van der Waals surface area (Å²) in [4.78, 5) is 28.1. The highest BCUT2D eigenvalue weighted by atomic mass is 16.5. The van der Waals surface area contributed by atoms with E-state index in [1.807, 2.05) is 32.9 Å². The summed E-state index contributed by atoms with van der Waals surface area (Å²) in [5, 5.41) is 2.83. The van der Waals surface area contributed by atoms with E-state index >= 15 is 0 Å². The number of benzene rings is 1. The number of amides is 1. The van der Waals surface area contributed by atoms with Gasteiger partial charge in [0.2, 0.25) is 0 Å². The quantitative estimate of drug-likeness (QED) is 0.880. The molecule has 5 heteroatoms. The minimum atomic E-state index is -0.900. The Hall–Kier alpha value is -2.69. The predicted octanol–water partition coefficient (Wildman–Crippen LogP) is 3.19. The number of hydrogen-bond acceptors (Lipinski definition) is 4. The average molecular weight is 312 g/mol. The molecule has 1 N–H and O–H groups in total. The van der Waals surface area contributed by atoms with Crippen LogP contribution < -0.4 is 5.32 Å². The number of hydrogen-bond donors (Lipinski definition) is 1. The first-order chi connectivity index (χ1) is 10.9. The zero-order valence-corrected chi connectivity index (χ0v) is 13.7. The van der Waals surface area contributed by atoms with Crippen molar-refractivity contribution in [1.82, 2.24) is 4.98 Å². The second-order valence-corrected chi connectivity index (χ2v) is 5.55. The third-order valence-corrected chi connectivity index (χ3v) is 3.48. The molecule has 5 nitrogen and oxygen atoms in total. The van der Waals surface area contributed by atoms with E-state index in [0.29, 0.717) is 5.56 Å². The summed E-state index contributed by atoms with van der Waals surface area (Å²) in [7, 11) is 0. The summed E-state index contributed by atoms with van der Waals surface area (Å²) >= 11 is 0. The van der Waals surface area contributed by atoms with E-state index in [4.69, 9.17) is 4.74 Å². The molecule has 1 aromatic carbocycles. The highest BCUT2D eigenvalue weighted by Gasteiger charge is 2.20. The predicted molar refractivity (Wildman–Crippen MR) is 88.4 cm³/mol. The molecule has 0 saturated heterocycles. The molecule has 0 aliphatic carbocycles. The molecule has 23 heavy (non-hydrogen) atoms. The fraction of sp³-hybridized carbons (Fsp3) is 0.278. The van der Waals surface area contributed by atoms with Gasteiger partial charge in [-0.1, -0.05) is 17.7 Å². The normalized spacial score (nSPS) is 11.7. The number of esters is 1. The summed E-state index contributed by atoms with van der Waals surface area (Å²) < 4.78 is 5.18. The molecule has 0 bridgehead atoms. The summed E-state index contributed by atoms with van der Waals surface area (Å²) in [5.74, 6) is -0.935. The fourth-order valence-electron chi connectivity index (χ4n) is 2.37. The zero-order valence-electron chi connectivity index (χ0n) is 13.7. The third kappa shape index (κ3) is 4.16. The van der Waals surface area contributed by atoms with Gasteiger partial charge in [-0.2, -0.15) is 0 Å². The molecule has 1 atom stereocenters. The first-order valence-electron chi connectivity index (χ1n) is 7.38. The van der Waals surface area contributed by atoms with Crippen LogP contribution in [-0.2, 0) is 9.53 Å². The van der Waals surface area contributed by atoms with Crippen molar-refractivity contribution in [2.45, 2.75) is 33.8 Å². The van der Waals surface area contributed by atoms with Crippen LogP contribution in [0.2, 0.25) is 0 Å². The van der Waals surface area contributed by atoms with Crippen LogP contribution in [0, 0.1) is 20.8 Å². The molecule has 0 aliphatic heterocycles. The molecular weight excluding hydrogens is 292 g/mol. The van der Waals surface area contributed by atoms with Crippen molar-refractivity contribution < 1.29 is 14.3 Å². The monoisotopic (exact) mass is 312 g/mol. The van der Waals surface area contributed by atoms with Gasteiger partial charge in [-0.25, -0.2) is 4.79 Å². The van der Waals surface area contributed by atoms with E-state index in [1.165, 1.54) is 6.20 Å². The van der Waals surface area contributed by atoms with Gasteiger partial charge in [-0.15, -0.1) is 0 Å². The molecule has 0 radical (unpaired) electrons. The summed E-state index contributed by atoms with van der Waals surface area (Å²) in [6.45, 7) is 7.41. The first kappa shape index (κ1) is 16.7. The molecule has 0 aliphatic rings. The summed E-state index contributed by atoms with van der Waals surface area (Å²) in [6, 6.07) is 7.22. The topological polar surface area (TPSA) is 68.3 Å². The van der Waals surface area contributed by atoms with Crippen LogP contribution in [0.1, 0.15) is 34.0 Å². The Kier molecular flexibility index (Phi) is 5.11. The molecule has 0 spiro atoms. The smallest absolute Gasteiger partial charge is 0.340 e. The van der Waals surface area contributed by atoms with Crippen LogP contribution in [0.15, 0.2) is 36.7 Å². The van der Waals surface area contributed by atoms with Crippen molar-refractivity contribution >= 4 is 17.6 Å². The van der Waals surface area contributed by atoms with Gasteiger partial charge in [0, 0.05) is 18.1 Å². The zero-order chi connectivity index (χ0) is 17.0. The maximum Gasteiger partial charge on any atom is 0.340 e. The van der Waals surface area contributed by atoms with Crippen LogP contribution in [0.5, 0.6) is 0 Å². The molecule has 2 rings (SSSR count). The largest absolute Gasteiger partial charge is 0.449 e. The average Bonchev–Trinajstić information content (AvgIpc) is 2.51. The van der Waals surface area contributed by atoms with Crippen molar-refractivity contribution in [3.63, 3.8) is 0 Å². The molecule has 0 unspecified atom stereocenters. The number of aryl methyl sites for hydroxylation is 3. The lowest BCUT2D eigenvalue weighted by atomic mass is 10.0. The van der Waals surface area contributed by atoms with Crippen molar-refractivity contribution in [2.24, 2.45) is 0 Å². The van der Waals surface area contributed by atoms with Gasteiger partial charge in [0.05, 0.1) is 5.56 Å². The molecular formula is C18H20N2O3. The second kappa shape index (κ2) is 7.05. The fourth-order valence-corrected chi connectivity index (χ4v) is 2.37. The van der Waals surface area contributed by atoms with Crippen molar-refractivity contribution in [2.75, 3.05) is 5.32 Å². The number of rotatable bonds is 4. The Bertz CT molecular complexity index is 703. The van der Waals surface area contributed by atoms with Crippen molar-refractivity contribution in [3.05, 3.63) is 58.9 Å². The molecule has 1 amide bonds. The van der Waals surface area contributed by atoms with Gasteiger partial charge in [0.15, 0.2) is 6.10 Å². The van der Waals surface area contributed by atoms with Crippen LogP contribution in [0.3, 0.4) is 0 Å². The Morgan fingerprint density at radius 3 is 2.39 bits per heavy atom. The van der Waals surface area contributed by atoms with Gasteiger partial charge in [0.1, 0.15) is 0 Å². The lowest BCUT2D eigenvalue weighted by Gasteiger charge is -2.16. The minimum Gasteiger partial charge on any atom is -0.449 e. The Morgan fingerprint density at radius 1 is 1.17 bits per heavy atom. The number of pyridine rings is 1. The summed E-state index contributed by atoms with van der Waals surface area (Å²) in [5.41, 5.74) is 4.15. The molecule has 0 saturated carbocycles. The number of carbonyl (C=O) groups is 2. The SMILES string of the molecule is Cc1cc(C)c(NC(=O)[C@@H](C)OC(=O)c2cccnc2)c(C)c1. The van der Waals surface area contributed by atoms with Gasteiger partial charge in [-0.05, 0) is 51.0 Å². The highest BCUT2D eigenvalue weighted by Crippen LogP contribution is 2.22. The van der Waals surface area contributed by atoms with E-state index < -0.39 is 12.1 Å². The molecule has 1 heterocycles. The second-order valence-electron chi connectivity index (χ2n) is 5.55. The number of ether oxygens (including phenoxy) is 1. The number of nitrogens with zero attached hydrogens (tertiary/aromatic N) is 1. The number of anilines is 1. The van der Waals surface area contributed by atoms with Crippen molar-refractivity contribution in [1.29, 1.82) is 0 Å². The van der Waals surface area contributed by atoms with Crippen LogP contribution >= 0.6 is 0 Å². The number of nitrogens with one attached hydrogen (secondary N) is 1. The Balaban J connectivity index is 2.05. The maximum absolute atomic E-state index is 12.3. The van der Waals surface area contributed by atoms with E-state index in [9.17, 15) is 9.59 Å². The van der Waals surface area contributed by atoms with Gasteiger partial charge in [-0.3, -0.25) is 9.78 Å². The van der Waals surface area contributed by atoms with Gasteiger partial charge < -0.3 is 10.1 Å². The molecule has 1 aromatic heterocycles. The molecule has 120 valence electrons. The third-order valence-electron chi connectivity index (χ3n) is 3.48. The van der Waals surface area contributed by atoms with E-state index in [1.54, 1.807) is 25.3 Å². The van der Waals surface area contributed by atoms with E-state index in [-0.39, 0.29) is 5.91 Å². The number of aromatic nitrogens is 1. The van der Waals surface area contributed by atoms with Crippen LogP contribution in [0.25, 0.3) is 0 Å². The van der Waals surface area contributed by atoms with Crippen molar-refractivity contribution in [3.8, 4) is 0 Å². The van der Waals surface area contributed by atoms with Gasteiger partial charge >= 0.3 is 5.97 Å². The minimum absolute atomic E-state index is 0.315. The molecule has 2 aromatic rings. The summed E-state index contributed by atoms with van der Waals surface area (Å²) in [6.07, 6.45) is 2.07. The van der Waals surface area contributed by atoms with Crippen LogP contribution in [0.4, 0.5) is 5.69 Å². The Morgan fingerprint density at radius 2 is 1.83 bits per heavy atom. The Labute approximate surface area is 135 Å². The van der Waals surface area contributed by atoms with Crippen LogP contribution in [-0.4, -0.2) is 23.0 Å². The van der Waals surface area contributed by atoms with Gasteiger partial charge in [0.25, 0.3) is 5.91 Å². The van der Waals surface area contributed by atoms with E-state index in [2.05, 4.69) is 10.3 Å².